The van der Waals surface area contributed by atoms with Crippen LogP contribution in [0, 0.1) is 0 Å². The van der Waals surface area contributed by atoms with Crippen molar-refractivity contribution < 1.29 is 18.0 Å². The van der Waals surface area contributed by atoms with Crippen LogP contribution in [0.15, 0.2) is 10.4 Å². The van der Waals surface area contributed by atoms with E-state index in [1.807, 2.05) is 13.8 Å². The molecular formula is C15H25F3IN5OS. The van der Waals surface area contributed by atoms with Gasteiger partial charge in [0.25, 0.3) is 0 Å². The van der Waals surface area contributed by atoms with Crippen LogP contribution in [0.25, 0.3) is 0 Å². The highest BCUT2D eigenvalue weighted by atomic mass is 127. The lowest BCUT2D eigenvalue weighted by Gasteiger charge is -2.17. The number of carbonyl (C=O) groups excluding carboxylic acids is 1. The van der Waals surface area contributed by atoms with E-state index in [1.165, 1.54) is 4.90 Å². The van der Waals surface area contributed by atoms with Crippen LogP contribution in [0.5, 0.6) is 0 Å². The molecule has 6 nitrogen and oxygen atoms in total. The van der Waals surface area contributed by atoms with Gasteiger partial charge in [0.1, 0.15) is 6.54 Å². The highest BCUT2D eigenvalue weighted by Gasteiger charge is 2.33. The molecule has 1 unspecified atom stereocenters. The van der Waals surface area contributed by atoms with E-state index in [9.17, 15) is 18.0 Å². The number of alkyl halides is 3. The molecule has 0 fully saturated rings. The maximum Gasteiger partial charge on any atom is 0.434 e. The first-order valence-electron chi connectivity index (χ1n) is 7.90. The first-order chi connectivity index (χ1) is 11.6. The fourth-order valence-electron chi connectivity index (χ4n) is 1.62. The standard InChI is InChI=1S/C15H24F3N5OS.HI/c1-5-10(2)21-14(20-8-13(24)23(3)4)19-7-6-12-22-11(9-25-12)15(16,17)18;/h9-10H,5-8H2,1-4H3,(H2,19,20,21);1H. The predicted molar refractivity (Wildman–Crippen MR) is 108 cm³/mol. The molecule has 0 aliphatic carbocycles. The number of hydrogen-bond acceptors (Lipinski definition) is 4. The molecule has 0 saturated carbocycles. The third-order valence-corrected chi connectivity index (χ3v) is 4.25. The molecule has 1 aromatic heterocycles. The van der Waals surface area contributed by atoms with E-state index in [0.29, 0.717) is 23.9 Å². The van der Waals surface area contributed by atoms with Gasteiger partial charge in [-0.05, 0) is 13.3 Å². The number of thiazole rings is 1. The topological polar surface area (TPSA) is 69.6 Å². The molecule has 1 atom stereocenters. The van der Waals surface area contributed by atoms with Crippen molar-refractivity contribution in [2.75, 3.05) is 27.2 Å². The zero-order chi connectivity index (χ0) is 19.0. The number of rotatable bonds is 7. The van der Waals surface area contributed by atoms with Gasteiger partial charge in [-0.2, -0.15) is 13.2 Å². The van der Waals surface area contributed by atoms with Crippen LogP contribution >= 0.6 is 35.3 Å². The molecule has 1 rings (SSSR count). The van der Waals surface area contributed by atoms with E-state index in [4.69, 9.17) is 0 Å². The lowest BCUT2D eigenvalue weighted by molar-refractivity contribution is -0.140. The van der Waals surface area contributed by atoms with Crippen molar-refractivity contribution in [2.24, 2.45) is 4.99 Å². The quantitative estimate of drug-likeness (QED) is 0.339. The molecular weight excluding hydrogens is 482 g/mol. The van der Waals surface area contributed by atoms with Crippen molar-refractivity contribution in [1.29, 1.82) is 0 Å². The molecule has 1 heterocycles. The van der Waals surface area contributed by atoms with Gasteiger partial charge >= 0.3 is 6.18 Å². The molecule has 0 bridgehead atoms. The summed E-state index contributed by atoms with van der Waals surface area (Å²) < 4.78 is 37.6. The second-order valence-corrected chi connectivity index (χ2v) is 6.65. The summed E-state index contributed by atoms with van der Waals surface area (Å²) >= 11 is 0.976. The monoisotopic (exact) mass is 507 g/mol. The van der Waals surface area contributed by atoms with E-state index in [0.717, 1.165) is 23.1 Å². The van der Waals surface area contributed by atoms with E-state index in [1.54, 1.807) is 14.1 Å². The highest BCUT2D eigenvalue weighted by Crippen LogP contribution is 2.29. The maximum atomic E-state index is 12.5. The fourth-order valence-corrected chi connectivity index (χ4v) is 2.42. The summed E-state index contributed by atoms with van der Waals surface area (Å²) in [6.07, 6.45) is -3.22. The van der Waals surface area contributed by atoms with Crippen molar-refractivity contribution >= 4 is 47.2 Å². The Hall–Kier alpha value is -1.11. The zero-order valence-electron chi connectivity index (χ0n) is 15.2. The van der Waals surface area contributed by atoms with Gasteiger partial charge in [0, 0.05) is 38.5 Å². The Balaban J connectivity index is 0.00000625. The second-order valence-electron chi connectivity index (χ2n) is 5.71. The van der Waals surface area contributed by atoms with Crippen molar-refractivity contribution in [3.8, 4) is 0 Å². The van der Waals surface area contributed by atoms with Gasteiger partial charge in [-0.25, -0.2) is 9.98 Å². The summed E-state index contributed by atoms with van der Waals surface area (Å²) in [5.41, 5.74) is -0.865. The first-order valence-corrected chi connectivity index (χ1v) is 8.78. The number of guanidine groups is 1. The predicted octanol–water partition coefficient (Wildman–Crippen LogP) is 2.74. The Morgan fingerprint density at radius 2 is 2.08 bits per heavy atom. The molecule has 11 heteroatoms. The fraction of sp³-hybridized carbons (Fsp3) is 0.667. The van der Waals surface area contributed by atoms with E-state index in [2.05, 4.69) is 20.6 Å². The number of likely N-dealkylation sites (N-methyl/N-ethyl adjacent to an activating group) is 1. The van der Waals surface area contributed by atoms with Gasteiger partial charge in [0.05, 0.1) is 5.01 Å². The maximum absolute atomic E-state index is 12.5. The Morgan fingerprint density at radius 3 is 2.58 bits per heavy atom. The number of amides is 1. The number of halogens is 4. The normalized spacial score (nSPS) is 13.0. The summed E-state index contributed by atoms with van der Waals surface area (Å²) in [5.74, 6) is 0.317. The summed E-state index contributed by atoms with van der Waals surface area (Å²) in [6.45, 7) is 4.34. The molecule has 0 radical (unpaired) electrons. The average molecular weight is 507 g/mol. The molecule has 1 amide bonds. The highest BCUT2D eigenvalue weighted by molar-refractivity contribution is 14.0. The number of carbonyl (C=O) groups is 1. The van der Waals surface area contributed by atoms with Crippen molar-refractivity contribution in [2.45, 2.75) is 38.9 Å². The van der Waals surface area contributed by atoms with Crippen LogP contribution in [-0.2, 0) is 17.4 Å². The van der Waals surface area contributed by atoms with Gasteiger partial charge in [0.15, 0.2) is 11.7 Å². The summed E-state index contributed by atoms with van der Waals surface area (Å²) in [6, 6.07) is 0.150. The van der Waals surface area contributed by atoms with Crippen LogP contribution in [-0.4, -0.2) is 55.0 Å². The molecule has 0 aliphatic heterocycles. The Morgan fingerprint density at radius 1 is 1.42 bits per heavy atom. The zero-order valence-corrected chi connectivity index (χ0v) is 18.3. The molecule has 1 aromatic rings. The van der Waals surface area contributed by atoms with Crippen molar-refractivity contribution in [1.82, 2.24) is 20.5 Å². The van der Waals surface area contributed by atoms with Crippen LogP contribution in [0.1, 0.15) is 31.0 Å². The van der Waals surface area contributed by atoms with E-state index in [-0.39, 0.29) is 42.5 Å². The Labute approximate surface area is 172 Å². The Bertz CT molecular complexity index is 592. The molecule has 0 aromatic carbocycles. The number of nitrogens with zero attached hydrogens (tertiary/aromatic N) is 3. The smallest absolute Gasteiger partial charge is 0.356 e. The number of aliphatic imine (C=N–C) groups is 1. The lowest BCUT2D eigenvalue weighted by Crippen LogP contribution is -2.43. The van der Waals surface area contributed by atoms with Gasteiger partial charge < -0.3 is 15.5 Å². The molecule has 150 valence electrons. The SMILES string of the molecule is CCC(C)NC(=NCC(=O)N(C)C)NCCc1nc(C(F)(F)F)cs1.I. The van der Waals surface area contributed by atoms with Crippen molar-refractivity contribution in [3.05, 3.63) is 16.1 Å². The first kappa shape index (κ1) is 24.9. The summed E-state index contributed by atoms with van der Waals surface area (Å²) in [7, 11) is 3.29. The number of aromatic nitrogens is 1. The minimum atomic E-state index is -4.42. The lowest BCUT2D eigenvalue weighted by atomic mass is 10.3. The van der Waals surface area contributed by atoms with Crippen LogP contribution in [0.4, 0.5) is 13.2 Å². The molecule has 0 spiro atoms. The summed E-state index contributed by atoms with van der Waals surface area (Å²) in [4.78, 5) is 20.9. The molecule has 0 aliphatic rings. The van der Waals surface area contributed by atoms with Crippen molar-refractivity contribution in [3.63, 3.8) is 0 Å². The third-order valence-electron chi connectivity index (χ3n) is 3.34. The third kappa shape index (κ3) is 9.01. The van der Waals surface area contributed by atoms with Gasteiger partial charge in [-0.1, -0.05) is 6.92 Å². The van der Waals surface area contributed by atoms with Gasteiger partial charge in [0.2, 0.25) is 5.91 Å². The number of hydrogen-bond donors (Lipinski definition) is 2. The molecule has 0 saturated heterocycles. The Kier molecular flexibility index (Phi) is 11.1. The van der Waals surface area contributed by atoms with Crippen LogP contribution in [0.3, 0.4) is 0 Å². The average Bonchev–Trinajstić information content (AvgIpc) is 3.00. The van der Waals surface area contributed by atoms with Crippen LogP contribution in [0.2, 0.25) is 0 Å². The van der Waals surface area contributed by atoms with Crippen LogP contribution < -0.4 is 10.6 Å². The minimum Gasteiger partial charge on any atom is -0.356 e. The van der Waals surface area contributed by atoms with Gasteiger partial charge in [-0.3, -0.25) is 4.79 Å². The second kappa shape index (κ2) is 11.6. The minimum absolute atomic E-state index is 0. The summed E-state index contributed by atoms with van der Waals surface area (Å²) in [5, 5.41) is 7.58. The van der Waals surface area contributed by atoms with Gasteiger partial charge in [-0.15, -0.1) is 35.3 Å². The van der Waals surface area contributed by atoms with E-state index < -0.39 is 11.9 Å². The molecule has 26 heavy (non-hydrogen) atoms. The van der Waals surface area contributed by atoms with E-state index >= 15 is 0 Å². The number of nitrogens with one attached hydrogen (secondary N) is 2. The molecule has 2 N–H and O–H groups in total. The largest absolute Gasteiger partial charge is 0.434 e.